The second-order valence-corrected chi connectivity index (χ2v) is 8.09. The Hall–Kier alpha value is -4.16. The first-order chi connectivity index (χ1) is 17.3. The van der Waals surface area contributed by atoms with Gasteiger partial charge in [-0.05, 0) is 19.1 Å². The van der Waals surface area contributed by atoms with Gasteiger partial charge in [0.25, 0.3) is 11.8 Å². The number of benzene rings is 1. The Labute approximate surface area is 196 Å². The van der Waals surface area contributed by atoms with Crippen LogP contribution in [0.15, 0.2) is 24.3 Å². The van der Waals surface area contributed by atoms with Gasteiger partial charge in [0.05, 0.1) is 29.3 Å². The molecule has 3 N–H and O–H groups in total. The molecule has 1 atom stereocenters. The molecule has 1 aliphatic carbocycles. The molecule has 3 aromatic rings. The van der Waals surface area contributed by atoms with E-state index in [1.807, 2.05) is 23.3 Å². The Balaban J connectivity index is 1.53. The van der Waals surface area contributed by atoms with Crippen molar-refractivity contribution in [3.63, 3.8) is 0 Å². The number of hydrogen-bond donors (Lipinski definition) is 3. The fourth-order valence-electron chi connectivity index (χ4n) is 3.88. The number of para-hydroxylation sites is 1. The van der Waals surface area contributed by atoms with Crippen molar-refractivity contribution in [2.45, 2.75) is 25.8 Å². The van der Waals surface area contributed by atoms with Gasteiger partial charge in [0.15, 0.2) is 17.3 Å². The van der Waals surface area contributed by atoms with Crippen LogP contribution in [0.5, 0.6) is 0 Å². The highest BCUT2D eigenvalue weighted by molar-refractivity contribution is 6.00. The van der Waals surface area contributed by atoms with E-state index in [-0.39, 0.29) is 17.2 Å². The van der Waals surface area contributed by atoms with Crippen LogP contribution in [0.25, 0.3) is 5.69 Å². The summed E-state index contributed by atoms with van der Waals surface area (Å²) >= 11 is 0. The summed E-state index contributed by atoms with van der Waals surface area (Å²) in [6.07, 6.45) is -0.567. The first kappa shape index (κ1) is 18.3. The summed E-state index contributed by atoms with van der Waals surface area (Å²) in [7, 11) is 1.84. The van der Waals surface area contributed by atoms with Gasteiger partial charge in [0.1, 0.15) is 11.7 Å². The van der Waals surface area contributed by atoms with E-state index in [0.29, 0.717) is 29.4 Å². The molecule has 5 rings (SSSR count). The number of halogens is 2. The molecule has 34 heavy (non-hydrogen) atoms. The van der Waals surface area contributed by atoms with Gasteiger partial charge in [0.2, 0.25) is 5.91 Å². The second-order valence-electron chi connectivity index (χ2n) is 8.09. The SMILES string of the molecule is [2H]C([2H])([2H])NC(=O)c1nnc(NC(=O)[C@@H]2CC2(F)F)cc1Nc1cccc2c1N(C)Cc1nc(C)nn1-2. The molecule has 1 aliphatic heterocycles. The molecule has 2 amide bonds. The fraction of sp³-hybridized carbons (Fsp3) is 0.333. The first-order valence-electron chi connectivity index (χ1n) is 11.8. The normalized spacial score (nSPS) is 19.1. The Kier molecular flexibility index (Phi) is 4.15. The molecule has 1 aromatic carbocycles. The molecule has 0 unspecified atom stereocenters. The summed E-state index contributed by atoms with van der Waals surface area (Å²) in [5.41, 5.74) is 1.52. The summed E-state index contributed by atoms with van der Waals surface area (Å²) in [6.45, 7) is -0.586. The fourth-order valence-corrected chi connectivity index (χ4v) is 3.88. The van der Waals surface area contributed by atoms with Crippen molar-refractivity contribution in [3.8, 4) is 5.69 Å². The number of carbonyl (C=O) groups excluding carboxylic acids is 2. The minimum absolute atomic E-state index is 0.00280. The third-order valence-corrected chi connectivity index (χ3v) is 5.57. The van der Waals surface area contributed by atoms with E-state index < -0.39 is 37.1 Å². The van der Waals surface area contributed by atoms with Crippen molar-refractivity contribution in [3.05, 3.63) is 41.6 Å². The number of aromatic nitrogens is 5. The topological polar surface area (TPSA) is 130 Å². The molecule has 3 heterocycles. The lowest BCUT2D eigenvalue weighted by atomic mass is 10.1. The number of aryl methyl sites for hydroxylation is 1. The lowest BCUT2D eigenvalue weighted by Gasteiger charge is -2.29. The number of alkyl halides is 2. The van der Waals surface area contributed by atoms with Crippen molar-refractivity contribution in [1.29, 1.82) is 0 Å². The number of fused-ring (bicyclic) bond motifs is 3. The number of amides is 2. The van der Waals surface area contributed by atoms with Gasteiger partial charge in [0, 0.05) is 30.6 Å². The number of nitrogens with one attached hydrogen (secondary N) is 3. The maximum atomic E-state index is 13.3. The first-order valence-corrected chi connectivity index (χ1v) is 10.3. The lowest BCUT2D eigenvalue weighted by Crippen LogP contribution is -2.27. The quantitative estimate of drug-likeness (QED) is 0.514. The zero-order valence-electron chi connectivity index (χ0n) is 21.1. The van der Waals surface area contributed by atoms with Crippen LogP contribution in [-0.4, -0.2) is 56.7 Å². The van der Waals surface area contributed by atoms with Gasteiger partial charge in [-0.2, -0.15) is 5.10 Å². The zero-order valence-corrected chi connectivity index (χ0v) is 18.1. The summed E-state index contributed by atoms with van der Waals surface area (Å²) < 4.78 is 50.3. The molecule has 0 bridgehead atoms. The van der Waals surface area contributed by atoms with Gasteiger partial charge in [-0.15, -0.1) is 10.2 Å². The molecular weight excluding hydrogens is 448 g/mol. The maximum absolute atomic E-state index is 13.3. The smallest absolute Gasteiger partial charge is 0.273 e. The summed E-state index contributed by atoms with van der Waals surface area (Å²) in [6, 6.07) is 6.53. The van der Waals surface area contributed by atoms with Crippen LogP contribution in [0.3, 0.4) is 0 Å². The van der Waals surface area contributed by atoms with E-state index in [2.05, 4.69) is 30.9 Å². The molecule has 176 valence electrons. The number of anilines is 4. The standard InChI is InChI=1S/C21H21F2N9O2/c1-10-25-16-9-31(3)18-12(5-4-6-14(18)32(16)30-10)26-13-7-15(28-29-17(13)20(34)24-2)27-19(33)11-8-21(11,22)23/h4-7,11H,8-9H2,1-3H3,(H,24,34)(H2,26,27,28,33)/t11-/m0/s1/i2D3. The average molecular weight is 472 g/mol. The molecule has 1 saturated carbocycles. The highest BCUT2D eigenvalue weighted by Gasteiger charge is 2.61. The summed E-state index contributed by atoms with van der Waals surface area (Å²) in [4.78, 5) is 31.2. The third kappa shape index (κ3) is 3.68. The van der Waals surface area contributed by atoms with Crippen molar-refractivity contribution < 1.29 is 22.5 Å². The van der Waals surface area contributed by atoms with Gasteiger partial charge in [-0.1, -0.05) is 6.07 Å². The van der Waals surface area contributed by atoms with Crippen LogP contribution in [0.1, 0.15) is 32.7 Å². The van der Waals surface area contributed by atoms with E-state index >= 15 is 0 Å². The Bertz CT molecular complexity index is 1430. The largest absolute Gasteiger partial charge is 0.364 e. The second kappa shape index (κ2) is 7.71. The van der Waals surface area contributed by atoms with Crippen LogP contribution >= 0.6 is 0 Å². The summed E-state index contributed by atoms with van der Waals surface area (Å²) in [5, 5.41) is 19.1. The third-order valence-electron chi connectivity index (χ3n) is 5.57. The molecule has 0 saturated heterocycles. The maximum Gasteiger partial charge on any atom is 0.273 e. The minimum Gasteiger partial charge on any atom is -0.364 e. The van der Waals surface area contributed by atoms with Crippen LogP contribution < -0.4 is 20.9 Å². The molecule has 2 aromatic heterocycles. The van der Waals surface area contributed by atoms with Crippen molar-refractivity contribution in [1.82, 2.24) is 30.3 Å². The van der Waals surface area contributed by atoms with E-state index in [1.165, 1.54) is 6.07 Å². The van der Waals surface area contributed by atoms with Crippen LogP contribution in [0, 0.1) is 12.8 Å². The highest BCUT2D eigenvalue weighted by atomic mass is 19.3. The van der Waals surface area contributed by atoms with Crippen LogP contribution in [0.2, 0.25) is 0 Å². The van der Waals surface area contributed by atoms with E-state index in [0.717, 1.165) is 5.82 Å². The van der Waals surface area contributed by atoms with Gasteiger partial charge in [-0.3, -0.25) is 9.59 Å². The predicted octanol–water partition coefficient (Wildman–Crippen LogP) is 2.01. The van der Waals surface area contributed by atoms with Crippen LogP contribution in [0.4, 0.5) is 31.7 Å². The van der Waals surface area contributed by atoms with Crippen LogP contribution in [-0.2, 0) is 11.3 Å². The number of hydrogen-bond acceptors (Lipinski definition) is 8. The monoisotopic (exact) mass is 472 g/mol. The summed E-state index contributed by atoms with van der Waals surface area (Å²) in [5.74, 6) is -5.39. The molecule has 0 radical (unpaired) electrons. The van der Waals surface area contributed by atoms with E-state index in [1.54, 1.807) is 23.7 Å². The number of rotatable bonds is 5. The molecule has 1 fully saturated rings. The van der Waals surface area contributed by atoms with Gasteiger partial charge >= 0.3 is 0 Å². The molecule has 13 heteroatoms. The molecule has 11 nitrogen and oxygen atoms in total. The Morgan fingerprint density at radius 2 is 2.06 bits per heavy atom. The minimum atomic E-state index is -3.08. The highest BCUT2D eigenvalue weighted by Crippen LogP contribution is 2.49. The van der Waals surface area contributed by atoms with E-state index in [4.69, 9.17) is 4.11 Å². The Morgan fingerprint density at radius 1 is 1.26 bits per heavy atom. The predicted molar refractivity (Wildman–Crippen MR) is 119 cm³/mol. The van der Waals surface area contributed by atoms with Gasteiger partial charge in [-0.25, -0.2) is 18.4 Å². The molecule has 0 spiro atoms. The number of nitrogens with zero attached hydrogens (tertiary/aromatic N) is 6. The van der Waals surface area contributed by atoms with Crippen molar-refractivity contribution in [2.75, 3.05) is 29.6 Å². The van der Waals surface area contributed by atoms with Crippen molar-refractivity contribution in [2.24, 2.45) is 5.92 Å². The van der Waals surface area contributed by atoms with E-state index in [9.17, 15) is 18.4 Å². The van der Waals surface area contributed by atoms with Gasteiger partial charge < -0.3 is 20.9 Å². The molecule has 2 aliphatic rings. The zero-order chi connectivity index (χ0) is 26.7. The average Bonchev–Trinajstić information content (AvgIpc) is 3.26. The lowest BCUT2D eigenvalue weighted by molar-refractivity contribution is -0.119. The molecular formula is C21H21F2N9O2. The van der Waals surface area contributed by atoms with Crippen molar-refractivity contribution >= 4 is 34.7 Å². The Morgan fingerprint density at radius 3 is 2.79 bits per heavy atom. The number of carbonyl (C=O) groups is 2.